The summed E-state index contributed by atoms with van der Waals surface area (Å²) in [6.45, 7) is 3.70. The molecule has 0 heterocycles. The molecule has 1 aromatic rings. The number of amides is 2. The van der Waals surface area contributed by atoms with E-state index in [1.54, 1.807) is 24.3 Å². The number of nitrogens with one attached hydrogen (secondary N) is 2. The van der Waals surface area contributed by atoms with Crippen LogP contribution in [-0.4, -0.2) is 23.1 Å². The van der Waals surface area contributed by atoms with Gasteiger partial charge in [-0.2, -0.15) is 0 Å². The molecule has 1 rings (SSSR count). The Hall–Kier alpha value is -1.95. The van der Waals surface area contributed by atoms with Crippen molar-refractivity contribution in [2.24, 2.45) is 16.8 Å². The number of urea groups is 1. The van der Waals surface area contributed by atoms with Crippen molar-refractivity contribution in [2.45, 2.75) is 19.9 Å². The Morgan fingerprint density at radius 2 is 1.95 bits per heavy atom. The van der Waals surface area contributed by atoms with Gasteiger partial charge < -0.3 is 21.6 Å². The summed E-state index contributed by atoms with van der Waals surface area (Å²) in [6.07, 6.45) is 0. The number of benzene rings is 1. The molecule has 0 aromatic heterocycles. The quantitative estimate of drug-likeness (QED) is 0.295. The van der Waals surface area contributed by atoms with Gasteiger partial charge in [-0.15, -0.1) is 0 Å². The second-order valence-corrected chi connectivity index (χ2v) is 4.79. The van der Waals surface area contributed by atoms with E-state index in [1.165, 1.54) is 0 Å². The van der Waals surface area contributed by atoms with E-state index in [9.17, 15) is 4.79 Å². The Kier molecular flexibility index (Phi) is 5.44. The summed E-state index contributed by atoms with van der Waals surface area (Å²) in [4.78, 5) is 11.8. The molecule has 0 saturated heterocycles. The molecule has 6 nitrogen and oxygen atoms in total. The van der Waals surface area contributed by atoms with Gasteiger partial charge in [-0.1, -0.05) is 30.6 Å². The fraction of sp³-hybridized carbons (Fsp3) is 0.333. The smallest absolute Gasteiger partial charge is 0.319 e. The predicted octanol–water partition coefficient (Wildman–Crippen LogP) is 2.23. The van der Waals surface area contributed by atoms with Crippen molar-refractivity contribution in [2.75, 3.05) is 5.32 Å². The van der Waals surface area contributed by atoms with Gasteiger partial charge in [-0.05, 0) is 30.2 Å². The molecule has 0 saturated carbocycles. The highest BCUT2D eigenvalue weighted by Crippen LogP contribution is 2.13. The Labute approximate surface area is 116 Å². The van der Waals surface area contributed by atoms with Crippen LogP contribution in [0.5, 0.6) is 0 Å². The second kappa shape index (κ2) is 6.84. The number of nitrogens with two attached hydrogens (primary N) is 1. The molecule has 1 unspecified atom stereocenters. The zero-order valence-electron chi connectivity index (χ0n) is 10.7. The number of hydrogen-bond donors (Lipinski definition) is 4. The van der Waals surface area contributed by atoms with Crippen molar-refractivity contribution < 1.29 is 10.0 Å². The van der Waals surface area contributed by atoms with Gasteiger partial charge in [0.1, 0.15) is 0 Å². The van der Waals surface area contributed by atoms with Crippen LogP contribution >= 0.6 is 11.6 Å². The largest absolute Gasteiger partial charge is 0.409 e. The summed E-state index contributed by atoms with van der Waals surface area (Å²) in [6, 6.07) is 5.71. The number of carbonyl (C=O) groups excluding carboxylic acids is 1. The summed E-state index contributed by atoms with van der Waals surface area (Å²) >= 11 is 5.75. The van der Waals surface area contributed by atoms with Crippen LogP contribution in [0.1, 0.15) is 13.8 Å². The second-order valence-electron chi connectivity index (χ2n) is 4.35. The van der Waals surface area contributed by atoms with Gasteiger partial charge >= 0.3 is 6.03 Å². The lowest BCUT2D eigenvalue weighted by Crippen LogP contribution is -2.49. The van der Waals surface area contributed by atoms with Crippen LogP contribution in [0.3, 0.4) is 0 Å². The highest BCUT2D eigenvalue weighted by molar-refractivity contribution is 6.30. The first kappa shape index (κ1) is 15.1. The third kappa shape index (κ3) is 4.67. The molecule has 1 atom stereocenters. The van der Waals surface area contributed by atoms with Crippen molar-refractivity contribution in [1.29, 1.82) is 0 Å². The van der Waals surface area contributed by atoms with Gasteiger partial charge in [0.05, 0.1) is 6.04 Å². The summed E-state index contributed by atoms with van der Waals surface area (Å²) in [7, 11) is 0. The lowest BCUT2D eigenvalue weighted by atomic mass is 10.0. The number of amidine groups is 1. The van der Waals surface area contributed by atoms with Crippen molar-refractivity contribution in [1.82, 2.24) is 5.32 Å². The molecule has 0 spiro atoms. The molecule has 0 aliphatic heterocycles. The van der Waals surface area contributed by atoms with E-state index < -0.39 is 12.1 Å². The average molecular weight is 285 g/mol. The number of rotatable bonds is 4. The minimum absolute atomic E-state index is 0.00753. The lowest BCUT2D eigenvalue weighted by Gasteiger charge is -2.21. The maximum atomic E-state index is 11.8. The van der Waals surface area contributed by atoms with Crippen molar-refractivity contribution >= 4 is 29.2 Å². The first-order chi connectivity index (χ1) is 8.93. The first-order valence-corrected chi connectivity index (χ1v) is 6.12. The summed E-state index contributed by atoms with van der Waals surface area (Å²) < 4.78 is 0. The van der Waals surface area contributed by atoms with Crippen molar-refractivity contribution in [3.8, 4) is 0 Å². The predicted molar refractivity (Wildman–Crippen MR) is 75.6 cm³/mol. The summed E-state index contributed by atoms with van der Waals surface area (Å²) in [5.74, 6) is -0.0480. The molecule has 0 aliphatic rings. The fourth-order valence-corrected chi connectivity index (χ4v) is 1.61. The Bertz CT molecular complexity index is 459. The zero-order valence-corrected chi connectivity index (χ0v) is 11.5. The van der Waals surface area contributed by atoms with E-state index >= 15 is 0 Å². The topological polar surface area (TPSA) is 99.7 Å². The zero-order chi connectivity index (χ0) is 14.4. The fourth-order valence-electron chi connectivity index (χ4n) is 1.49. The lowest BCUT2D eigenvalue weighted by molar-refractivity contribution is 0.248. The van der Waals surface area contributed by atoms with Crippen LogP contribution in [0.25, 0.3) is 0 Å². The molecule has 0 bridgehead atoms. The molecule has 1 aromatic carbocycles. The van der Waals surface area contributed by atoms with Crippen LogP contribution in [0.15, 0.2) is 29.4 Å². The standard InChI is InChI=1S/C12H17ClN4O2/c1-7(2)10(11(14)17-19)16-12(18)15-9-5-3-8(13)4-6-9/h3-7,10,19H,1-2H3,(H2,14,17)(H2,15,16,18). The molecule has 19 heavy (non-hydrogen) atoms. The van der Waals surface area contributed by atoms with Crippen molar-refractivity contribution in [3.63, 3.8) is 0 Å². The molecular weight excluding hydrogens is 268 g/mol. The summed E-state index contributed by atoms with van der Waals surface area (Å²) in [5.41, 5.74) is 6.12. The monoisotopic (exact) mass is 284 g/mol. The van der Waals surface area contributed by atoms with E-state index in [1.807, 2.05) is 13.8 Å². The van der Waals surface area contributed by atoms with Crippen molar-refractivity contribution in [3.05, 3.63) is 29.3 Å². The number of hydrogen-bond acceptors (Lipinski definition) is 3. The Morgan fingerprint density at radius 3 is 2.42 bits per heavy atom. The highest BCUT2D eigenvalue weighted by Gasteiger charge is 2.20. The van der Waals surface area contributed by atoms with Gasteiger partial charge in [0.25, 0.3) is 0 Å². The molecule has 104 valence electrons. The van der Waals surface area contributed by atoms with Crippen LogP contribution in [0.4, 0.5) is 10.5 Å². The number of anilines is 1. The normalized spacial score (nSPS) is 13.2. The molecular formula is C12H17ClN4O2. The van der Waals surface area contributed by atoms with Crippen LogP contribution in [0.2, 0.25) is 5.02 Å². The molecule has 2 amide bonds. The first-order valence-electron chi connectivity index (χ1n) is 5.74. The maximum absolute atomic E-state index is 11.8. The SMILES string of the molecule is CC(C)C(NC(=O)Nc1ccc(Cl)cc1)C(N)=NO. The van der Waals surface area contributed by atoms with E-state index in [4.69, 9.17) is 22.5 Å². The minimum atomic E-state index is -0.544. The van der Waals surface area contributed by atoms with E-state index in [0.717, 1.165) is 0 Å². The van der Waals surface area contributed by atoms with Crippen LogP contribution < -0.4 is 16.4 Å². The molecule has 0 aliphatic carbocycles. The Morgan fingerprint density at radius 1 is 1.37 bits per heavy atom. The third-order valence-corrected chi connectivity index (χ3v) is 2.74. The van der Waals surface area contributed by atoms with Gasteiger partial charge in [-0.3, -0.25) is 0 Å². The third-order valence-electron chi connectivity index (χ3n) is 2.49. The highest BCUT2D eigenvalue weighted by atomic mass is 35.5. The number of nitrogens with zero attached hydrogens (tertiary/aromatic N) is 1. The van der Waals surface area contributed by atoms with E-state index in [0.29, 0.717) is 10.7 Å². The van der Waals surface area contributed by atoms with Gasteiger partial charge in [-0.25, -0.2) is 4.79 Å². The van der Waals surface area contributed by atoms with Gasteiger partial charge in [0.15, 0.2) is 5.84 Å². The van der Waals surface area contributed by atoms with Crippen LogP contribution in [0, 0.1) is 5.92 Å². The molecule has 0 fully saturated rings. The number of carbonyl (C=O) groups is 1. The van der Waals surface area contributed by atoms with Crippen LogP contribution in [-0.2, 0) is 0 Å². The van der Waals surface area contributed by atoms with Gasteiger partial charge in [0.2, 0.25) is 0 Å². The molecule has 0 radical (unpaired) electrons. The van der Waals surface area contributed by atoms with E-state index in [2.05, 4.69) is 15.8 Å². The number of oxime groups is 1. The summed E-state index contributed by atoms with van der Waals surface area (Å²) in [5, 5.41) is 17.4. The Balaban J connectivity index is 2.65. The minimum Gasteiger partial charge on any atom is -0.409 e. The van der Waals surface area contributed by atoms with E-state index in [-0.39, 0.29) is 11.8 Å². The van der Waals surface area contributed by atoms with Gasteiger partial charge in [0, 0.05) is 10.7 Å². The molecule has 7 heteroatoms. The molecule has 5 N–H and O–H groups in total. The average Bonchev–Trinajstić information content (AvgIpc) is 2.37. The number of halogens is 1. The maximum Gasteiger partial charge on any atom is 0.319 e.